The third-order valence-electron chi connectivity index (χ3n) is 2.99. The molecule has 0 saturated carbocycles. The van der Waals surface area contributed by atoms with Gasteiger partial charge in [-0.05, 0) is 24.6 Å². The van der Waals surface area contributed by atoms with Gasteiger partial charge < -0.3 is 4.74 Å². The average molecular weight is 264 g/mol. The molecule has 0 aliphatic heterocycles. The summed E-state index contributed by atoms with van der Waals surface area (Å²) in [4.78, 5) is 0. The Kier molecular flexibility index (Phi) is 4.13. The molecule has 0 amide bonds. The molecule has 1 unspecified atom stereocenters. The molecule has 5 nitrogen and oxygen atoms in total. The van der Waals surface area contributed by atoms with Gasteiger partial charge in [-0.1, -0.05) is 6.07 Å². The van der Waals surface area contributed by atoms with E-state index in [1.807, 2.05) is 13.1 Å². The lowest BCUT2D eigenvalue weighted by atomic mass is 10.0. The minimum absolute atomic E-state index is 0.195. The molecule has 0 bridgehead atoms. The second-order valence-corrected chi connectivity index (χ2v) is 4.12. The summed E-state index contributed by atoms with van der Waals surface area (Å²) in [5.74, 6) is 5.39. The Morgan fingerprint density at radius 2 is 2.26 bits per heavy atom. The van der Waals surface area contributed by atoms with E-state index in [0.29, 0.717) is 0 Å². The lowest BCUT2D eigenvalue weighted by molar-refractivity contribution is 0.385. The number of hydrazine groups is 1. The van der Waals surface area contributed by atoms with Crippen LogP contribution in [0.25, 0.3) is 0 Å². The third kappa shape index (κ3) is 2.74. The molecule has 0 spiro atoms. The standard InChI is InChI=1S/C13H17FN4O/c1-3-18-8-10(7-16-18)13(17-15)9-4-5-11(14)12(6-9)19-2/h4-8,13,17H,3,15H2,1-2H3. The zero-order valence-electron chi connectivity index (χ0n) is 10.9. The molecule has 102 valence electrons. The van der Waals surface area contributed by atoms with Gasteiger partial charge in [0, 0.05) is 18.3 Å². The first kappa shape index (κ1) is 13.5. The van der Waals surface area contributed by atoms with Crippen molar-refractivity contribution in [2.45, 2.75) is 19.5 Å². The summed E-state index contributed by atoms with van der Waals surface area (Å²) in [6.07, 6.45) is 3.64. The van der Waals surface area contributed by atoms with Gasteiger partial charge in [-0.15, -0.1) is 0 Å². The van der Waals surface area contributed by atoms with Crippen molar-refractivity contribution in [3.63, 3.8) is 0 Å². The molecular formula is C13H17FN4O. The summed E-state index contributed by atoms with van der Waals surface area (Å²) >= 11 is 0. The molecule has 6 heteroatoms. The van der Waals surface area contributed by atoms with E-state index in [1.54, 1.807) is 23.0 Å². The number of halogens is 1. The molecular weight excluding hydrogens is 247 g/mol. The highest BCUT2D eigenvalue weighted by Crippen LogP contribution is 2.26. The van der Waals surface area contributed by atoms with Crippen molar-refractivity contribution in [3.8, 4) is 5.75 Å². The van der Waals surface area contributed by atoms with Gasteiger partial charge in [0.2, 0.25) is 0 Å². The van der Waals surface area contributed by atoms with Crippen molar-refractivity contribution >= 4 is 0 Å². The van der Waals surface area contributed by atoms with E-state index in [4.69, 9.17) is 10.6 Å². The number of nitrogens with zero attached hydrogens (tertiary/aromatic N) is 2. The second-order valence-electron chi connectivity index (χ2n) is 4.12. The van der Waals surface area contributed by atoms with E-state index in [9.17, 15) is 4.39 Å². The van der Waals surface area contributed by atoms with Crippen LogP contribution >= 0.6 is 0 Å². The maximum Gasteiger partial charge on any atom is 0.165 e. The topological polar surface area (TPSA) is 65.1 Å². The van der Waals surface area contributed by atoms with Crippen molar-refractivity contribution in [1.29, 1.82) is 0 Å². The molecule has 1 aromatic carbocycles. The van der Waals surface area contributed by atoms with Crippen LogP contribution in [0.3, 0.4) is 0 Å². The molecule has 0 fully saturated rings. The fourth-order valence-electron chi connectivity index (χ4n) is 1.94. The highest BCUT2D eigenvalue weighted by Gasteiger charge is 2.16. The number of aromatic nitrogens is 2. The lowest BCUT2D eigenvalue weighted by Gasteiger charge is -2.15. The zero-order chi connectivity index (χ0) is 13.8. The predicted octanol–water partition coefficient (Wildman–Crippen LogP) is 1.60. The summed E-state index contributed by atoms with van der Waals surface area (Å²) in [6, 6.07) is 4.41. The number of ether oxygens (including phenoxy) is 1. The van der Waals surface area contributed by atoms with Crippen LogP contribution in [0.1, 0.15) is 24.1 Å². The van der Waals surface area contributed by atoms with Crippen LogP contribution in [0.4, 0.5) is 4.39 Å². The Labute approximate surface area is 111 Å². The Hall–Kier alpha value is -1.92. The molecule has 2 aromatic rings. The van der Waals surface area contributed by atoms with E-state index < -0.39 is 5.82 Å². The van der Waals surface area contributed by atoms with E-state index in [0.717, 1.165) is 17.7 Å². The molecule has 2 rings (SSSR count). The second kappa shape index (κ2) is 5.81. The monoisotopic (exact) mass is 264 g/mol. The van der Waals surface area contributed by atoms with E-state index in [-0.39, 0.29) is 11.8 Å². The van der Waals surface area contributed by atoms with Crippen LogP contribution in [-0.2, 0) is 6.54 Å². The van der Waals surface area contributed by atoms with Gasteiger partial charge in [0.15, 0.2) is 11.6 Å². The summed E-state index contributed by atoms with van der Waals surface area (Å²) in [5, 5.41) is 4.20. The minimum atomic E-state index is -0.397. The van der Waals surface area contributed by atoms with Crippen molar-refractivity contribution in [1.82, 2.24) is 15.2 Å². The summed E-state index contributed by atoms with van der Waals surface area (Å²) in [6.45, 7) is 2.78. The Bertz CT molecular complexity index is 555. The number of hydrogen-bond donors (Lipinski definition) is 2. The van der Waals surface area contributed by atoms with Crippen molar-refractivity contribution < 1.29 is 9.13 Å². The smallest absolute Gasteiger partial charge is 0.165 e. The van der Waals surface area contributed by atoms with Crippen LogP contribution in [0.2, 0.25) is 0 Å². The fourth-order valence-corrected chi connectivity index (χ4v) is 1.94. The van der Waals surface area contributed by atoms with Gasteiger partial charge in [-0.25, -0.2) is 9.82 Å². The zero-order valence-corrected chi connectivity index (χ0v) is 10.9. The van der Waals surface area contributed by atoms with Crippen molar-refractivity contribution in [3.05, 3.63) is 47.5 Å². The number of aryl methyl sites for hydroxylation is 1. The maximum absolute atomic E-state index is 13.4. The van der Waals surface area contributed by atoms with Gasteiger partial charge in [-0.3, -0.25) is 10.5 Å². The molecule has 1 heterocycles. The van der Waals surface area contributed by atoms with Crippen LogP contribution in [-0.4, -0.2) is 16.9 Å². The van der Waals surface area contributed by atoms with Gasteiger partial charge in [0.25, 0.3) is 0 Å². The highest BCUT2D eigenvalue weighted by molar-refractivity contribution is 5.36. The molecule has 3 N–H and O–H groups in total. The maximum atomic E-state index is 13.4. The van der Waals surface area contributed by atoms with Gasteiger partial charge in [0.05, 0.1) is 19.3 Å². The number of rotatable bonds is 5. The van der Waals surface area contributed by atoms with Crippen LogP contribution in [0, 0.1) is 5.82 Å². The Balaban J connectivity index is 2.36. The Morgan fingerprint density at radius 3 is 2.84 bits per heavy atom. The number of nitrogens with one attached hydrogen (secondary N) is 1. The normalized spacial score (nSPS) is 12.4. The molecule has 0 saturated heterocycles. The van der Waals surface area contributed by atoms with Crippen LogP contribution in [0.15, 0.2) is 30.6 Å². The first-order chi connectivity index (χ1) is 9.19. The van der Waals surface area contributed by atoms with E-state index in [1.165, 1.54) is 13.2 Å². The molecule has 0 radical (unpaired) electrons. The van der Waals surface area contributed by atoms with Crippen molar-refractivity contribution in [2.75, 3.05) is 7.11 Å². The Morgan fingerprint density at radius 1 is 1.47 bits per heavy atom. The van der Waals surface area contributed by atoms with Gasteiger partial charge >= 0.3 is 0 Å². The summed E-state index contributed by atoms with van der Waals surface area (Å²) < 4.78 is 20.2. The van der Waals surface area contributed by atoms with Crippen molar-refractivity contribution in [2.24, 2.45) is 5.84 Å². The molecule has 1 aromatic heterocycles. The first-order valence-corrected chi connectivity index (χ1v) is 6.01. The quantitative estimate of drug-likeness (QED) is 0.636. The number of methoxy groups -OCH3 is 1. The summed E-state index contributed by atoms with van der Waals surface area (Å²) in [7, 11) is 1.43. The van der Waals surface area contributed by atoms with E-state index in [2.05, 4.69) is 10.5 Å². The largest absolute Gasteiger partial charge is 0.494 e. The van der Waals surface area contributed by atoms with E-state index >= 15 is 0 Å². The number of benzene rings is 1. The lowest BCUT2D eigenvalue weighted by Crippen LogP contribution is -2.28. The molecule has 19 heavy (non-hydrogen) atoms. The first-order valence-electron chi connectivity index (χ1n) is 6.01. The minimum Gasteiger partial charge on any atom is -0.494 e. The number of nitrogens with two attached hydrogens (primary N) is 1. The van der Waals surface area contributed by atoms with Gasteiger partial charge in [-0.2, -0.15) is 5.10 Å². The highest BCUT2D eigenvalue weighted by atomic mass is 19.1. The molecule has 1 atom stereocenters. The molecule has 0 aliphatic carbocycles. The fraction of sp³-hybridized carbons (Fsp3) is 0.308. The SMILES string of the molecule is CCn1cc(C(NN)c2ccc(F)c(OC)c2)cn1. The number of hydrogen-bond acceptors (Lipinski definition) is 4. The average Bonchev–Trinajstić information content (AvgIpc) is 2.90. The van der Waals surface area contributed by atoms with Crippen LogP contribution in [0.5, 0.6) is 5.75 Å². The summed E-state index contributed by atoms with van der Waals surface area (Å²) in [5.41, 5.74) is 4.44. The third-order valence-corrected chi connectivity index (χ3v) is 2.99. The predicted molar refractivity (Wildman–Crippen MR) is 70.0 cm³/mol. The van der Waals surface area contributed by atoms with Crippen LogP contribution < -0.4 is 16.0 Å². The molecule has 0 aliphatic rings. The van der Waals surface area contributed by atoms with Gasteiger partial charge in [0.1, 0.15) is 0 Å².